The van der Waals surface area contributed by atoms with Crippen LogP contribution in [-0.2, 0) is 9.53 Å². The monoisotopic (exact) mass is 143 g/mol. The van der Waals surface area contributed by atoms with E-state index in [1.54, 1.807) is 6.92 Å². The summed E-state index contributed by atoms with van der Waals surface area (Å²) in [6.07, 6.45) is 0.450. The van der Waals surface area contributed by atoms with Crippen molar-refractivity contribution in [1.82, 2.24) is 5.32 Å². The molecule has 0 aliphatic heterocycles. The number of ether oxygens (including phenoxy) is 1. The summed E-state index contributed by atoms with van der Waals surface area (Å²) in [5.41, 5.74) is 0. The summed E-state index contributed by atoms with van der Waals surface area (Å²) >= 11 is 0. The molecule has 0 saturated carbocycles. The van der Waals surface area contributed by atoms with E-state index in [9.17, 15) is 4.79 Å². The van der Waals surface area contributed by atoms with Gasteiger partial charge in [-0.3, -0.25) is 10.1 Å². The second kappa shape index (κ2) is 4.85. The van der Waals surface area contributed by atoms with E-state index in [1.165, 1.54) is 0 Å². The molecule has 1 N–H and O–H groups in total. The van der Waals surface area contributed by atoms with Gasteiger partial charge in [0.05, 0.1) is 6.61 Å². The van der Waals surface area contributed by atoms with Crippen LogP contribution in [0.2, 0.25) is 0 Å². The molecule has 10 heavy (non-hydrogen) atoms. The molecule has 0 atom stereocenters. The number of hydrogen-bond donors (Lipinski definition) is 1. The molecule has 3 nitrogen and oxygen atoms in total. The maximum absolute atomic E-state index is 10.6. The zero-order chi connectivity index (χ0) is 7.98. The molecule has 0 aromatic rings. The Morgan fingerprint density at radius 1 is 1.60 bits per heavy atom. The van der Waals surface area contributed by atoms with Crippen molar-refractivity contribution in [2.75, 3.05) is 6.61 Å². The Balaban J connectivity index is 3.47. The largest absolute Gasteiger partial charge is 0.480 e. The van der Waals surface area contributed by atoms with E-state index in [0.29, 0.717) is 18.9 Å². The summed E-state index contributed by atoms with van der Waals surface area (Å²) < 4.78 is 4.89. The van der Waals surface area contributed by atoms with Crippen molar-refractivity contribution >= 4 is 5.91 Å². The van der Waals surface area contributed by atoms with Crippen LogP contribution in [0.1, 0.15) is 20.3 Å². The summed E-state index contributed by atoms with van der Waals surface area (Å²) in [5.74, 6) is 0.257. The first-order valence-electron chi connectivity index (χ1n) is 3.32. The van der Waals surface area contributed by atoms with Gasteiger partial charge in [0.1, 0.15) is 0 Å². The lowest BCUT2D eigenvalue weighted by Gasteiger charge is -2.06. The smallest absolute Gasteiger partial charge is 0.226 e. The molecule has 0 rings (SSSR count). The van der Waals surface area contributed by atoms with Gasteiger partial charge in [0.2, 0.25) is 5.91 Å². The lowest BCUT2D eigenvalue weighted by molar-refractivity contribution is -0.120. The van der Waals surface area contributed by atoms with Crippen LogP contribution in [0.3, 0.4) is 0 Å². The van der Waals surface area contributed by atoms with Gasteiger partial charge in [-0.05, 0) is 13.5 Å². The lowest BCUT2D eigenvalue weighted by Crippen LogP contribution is -2.22. The highest BCUT2D eigenvalue weighted by atomic mass is 16.5. The summed E-state index contributed by atoms with van der Waals surface area (Å²) in [6, 6.07) is 0. The van der Waals surface area contributed by atoms with Crippen molar-refractivity contribution in [2.45, 2.75) is 20.3 Å². The molecule has 0 radical (unpaired) electrons. The van der Waals surface area contributed by atoms with Gasteiger partial charge in [-0.15, -0.1) is 0 Å². The van der Waals surface area contributed by atoms with Gasteiger partial charge in [-0.2, -0.15) is 0 Å². The van der Waals surface area contributed by atoms with E-state index in [4.69, 9.17) is 4.74 Å². The van der Waals surface area contributed by atoms with Crippen LogP contribution in [0.25, 0.3) is 0 Å². The molecule has 58 valence electrons. The number of amides is 1. The number of nitrogens with one attached hydrogen (secondary N) is 1. The molecule has 0 heterocycles. The van der Waals surface area contributed by atoms with Crippen LogP contribution >= 0.6 is 0 Å². The van der Waals surface area contributed by atoms with Crippen LogP contribution in [0.15, 0.2) is 12.5 Å². The molecular formula is C7H13NO2. The van der Waals surface area contributed by atoms with Crippen molar-refractivity contribution in [3.05, 3.63) is 12.5 Å². The standard InChI is InChI=1S/C7H13NO2/c1-4-7(9)8-6(3)10-5-2/h3-5H2,1-2H3,(H,8,9). The molecule has 0 spiro atoms. The molecule has 0 aromatic carbocycles. The molecule has 3 heteroatoms. The minimum Gasteiger partial charge on any atom is -0.480 e. The molecule has 0 aromatic heterocycles. The maximum atomic E-state index is 10.6. The molecular weight excluding hydrogens is 130 g/mol. The zero-order valence-corrected chi connectivity index (χ0v) is 6.44. The highest BCUT2D eigenvalue weighted by Crippen LogP contribution is 1.87. The summed E-state index contributed by atoms with van der Waals surface area (Å²) in [7, 11) is 0. The first-order valence-corrected chi connectivity index (χ1v) is 3.32. The fourth-order valence-corrected chi connectivity index (χ4v) is 0.454. The van der Waals surface area contributed by atoms with E-state index in [-0.39, 0.29) is 5.91 Å². The minimum atomic E-state index is -0.0709. The summed E-state index contributed by atoms with van der Waals surface area (Å²) in [6.45, 7) is 7.62. The molecule has 0 unspecified atom stereocenters. The fourth-order valence-electron chi connectivity index (χ4n) is 0.454. The first-order chi connectivity index (χ1) is 4.70. The quantitative estimate of drug-likeness (QED) is 0.597. The number of carbonyl (C=O) groups is 1. The van der Waals surface area contributed by atoms with Crippen molar-refractivity contribution in [3.63, 3.8) is 0 Å². The second-order valence-corrected chi connectivity index (χ2v) is 1.76. The Hall–Kier alpha value is -0.990. The van der Waals surface area contributed by atoms with Crippen molar-refractivity contribution in [1.29, 1.82) is 0 Å². The topological polar surface area (TPSA) is 38.3 Å². The average Bonchev–Trinajstić information content (AvgIpc) is 1.88. The number of carbonyl (C=O) groups excluding carboxylic acids is 1. The third-order valence-electron chi connectivity index (χ3n) is 0.919. The third kappa shape index (κ3) is 3.95. The molecule has 0 saturated heterocycles. The molecule has 1 amide bonds. The van der Waals surface area contributed by atoms with Gasteiger partial charge in [-0.25, -0.2) is 0 Å². The first kappa shape index (κ1) is 9.01. The van der Waals surface area contributed by atoms with Crippen LogP contribution in [0, 0.1) is 0 Å². The minimum absolute atomic E-state index is 0.0709. The highest BCUT2D eigenvalue weighted by molar-refractivity contribution is 5.76. The molecule has 0 fully saturated rings. The van der Waals surface area contributed by atoms with E-state index in [1.807, 2.05) is 6.92 Å². The zero-order valence-electron chi connectivity index (χ0n) is 6.44. The van der Waals surface area contributed by atoms with Gasteiger partial charge >= 0.3 is 0 Å². The number of hydrogen-bond acceptors (Lipinski definition) is 2. The Labute approximate surface area is 61.1 Å². The van der Waals surface area contributed by atoms with E-state index >= 15 is 0 Å². The number of rotatable bonds is 4. The molecule has 0 bridgehead atoms. The summed E-state index contributed by atoms with van der Waals surface area (Å²) in [4.78, 5) is 10.6. The van der Waals surface area contributed by atoms with Gasteiger partial charge in [0.25, 0.3) is 0 Å². The summed E-state index contributed by atoms with van der Waals surface area (Å²) in [5, 5.41) is 2.47. The van der Waals surface area contributed by atoms with Gasteiger partial charge in [0.15, 0.2) is 5.88 Å². The molecule has 0 aliphatic carbocycles. The van der Waals surface area contributed by atoms with Crippen LogP contribution < -0.4 is 5.32 Å². The van der Waals surface area contributed by atoms with Crippen molar-refractivity contribution in [2.24, 2.45) is 0 Å². The van der Waals surface area contributed by atoms with E-state index in [0.717, 1.165) is 0 Å². The normalized spacial score (nSPS) is 8.60. The van der Waals surface area contributed by atoms with E-state index < -0.39 is 0 Å². The highest BCUT2D eigenvalue weighted by Gasteiger charge is 1.97. The SMILES string of the molecule is C=C(NC(=O)CC)OCC. The van der Waals surface area contributed by atoms with E-state index in [2.05, 4.69) is 11.9 Å². The molecule has 0 aliphatic rings. The Kier molecular flexibility index (Phi) is 4.37. The van der Waals surface area contributed by atoms with Crippen molar-refractivity contribution in [3.8, 4) is 0 Å². The van der Waals surface area contributed by atoms with Gasteiger partial charge in [0, 0.05) is 6.42 Å². The van der Waals surface area contributed by atoms with Crippen LogP contribution in [-0.4, -0.2) is 12.5 Å². The van der Waals surface area contributed by atoms with Crippen LogP contribution in [0.5, 0.6) is 0 Å². The average molecular weight is 143 g/mol. The van der Waals surface area contributed by atoms with Crippen LogP contribution in [0.4, 0.5) is 0 Å². The van der Waals surface area contributed by atoms with Gasteiger partial charge in [-0.1, -0.05) is 6.92 Å². The maximum Gasteiger partial charge on any atom is 0.226 e. The lowest BCUT2D eigenvalue weighted by atomic mass is 10.4. The fraction of sp³-hybridized carbons (Fsp3) is 0.571. The predicted octanol–water partition coefficient (Wildman–Crippen LogP) is 1.02. The van der Waals surface area contributed by atoms with Gasteiger partial charge < -0.3 is 4.74 Å². The second-order valence-electron chi connectivity index (χ2n) is 1.76. The Morgan fingerprint density at radius 3 is 2.60 bits per heavy atom. The Bertz CT molecular complexity index is 132. The van der Waals surface area contributed by atoms with Crippen molar-refractivity contribution < 1.29 is 9.53 Å². The predicted molar refractivity (Wildman–Crippen MR) is 39.2 cm³/mol. The Morgan fingerprint density at radius 2 is 2.20 bits per heavy atom. The third-order valence-corrected chi connectivity index (χ3v) is 0.919.